The number of nitrogens with zero attached hydrogens (tertiary/aromatic N) is 2. The largest absolute Gasteiger partial charge is 0.497 e. The lowest BCUT2D eigenvalue weighted by atomic mass is 10.2. The third-order valence-electron chi connectivity index (χ3n) is 4.07. The van der Waals surface area contributed by atoms with Crippen molar-refractivity contribution in [3.63, 3.8) is 0 Å². The highest BCUT2D eigenvalue weighted by molar-refractivity contribution is 6.35. The van der Waals surface area contributed by atoms with Gasteiger partial charge in [-0.1, -0.05) is 0 Å². The van der Waals surface area contributed by atoms with Crippen LogP contribution in [0.3, 0.4) is 0 Å². The number of methoxy groups -OCH3 is 1. The van der Waals surface area contributed by atoms with Gasteiger partial charge < -0.3 is 20.3 Å². The van der Waals surface area contributed by atoms with E-state index in [1.807, 2.05) is 12.1 Å². The van der Waals surface area contributed by atoms with Gasteiger partial charge in [-0.05, 0) is 31.2 Å². The van der Waals surface area contributed by atoms with Crippen LogP contribution in [0.25, 0.3) is 0 Å². The van der Waals surface area contributed by atoms with Crippen LogP contribution in [-0.2, 0) is 9.59 Å². The van der Waals surface area contributed by atoms with Gasteiger partial charge in [0.1, 0.15) is 5.75 Å². The van der Waals surface area contributed by atoms with E-state index in [4.69, 9.17) is 4.74 Å². The van der Waals surface area contributed by atoms with Gasteiger partial charge in [-0.3, -0.25) is 14.5 Å². The Morgan fingerprint density at radius 1 is 1.04 bits per heavy atom. The summed E-state index contributed by atoms with van der Waals surface area (Å²) in [5, 5.41) is 5.14. The molecule has 0 spiro atoms. The summed E-state index contributed by atoms with van der Waals surface area (Å²) < 4.78 is 5.18. The van der Waals surface area contributed by atoms with Crippen molar-refractivity contribution in [3.05, 3.63) is 24.3 Å². The van der Waals surface area contributed by atoms with E-state index < -0.39 is 11.8 Å². The van der Waals surface area contributed by atoms with Crippen LogP contribution < -0.4 is 20.3 Å². The first-order valence-corrected chi connectivity index (χ1v) is 8.31. The van der Waals surface area contributed by atoms with Gasteiger partial charge >= 0.3 is 11.8 Å². The first-order valence-electron chi connectivity index (χ1n) is 8.31. The average Bonchev–Trinajstić information content (AvgIpc) is 2.62. The number of anilines is 1. The molecule has 2 rings (SSSR count). The molecular formula is C17H26N4O3. The van der Waals surface area contributed by atoms with Gasteiger partial charge in [0.25, 0.3) is 0 Å². The number of nitrogens with one attached hydrogen (secondary N) is 2. The molecule has 1 aliphatic rings. The van der Waals surface area contributed by atoms with Gasteiger partial charge in [-0.2, -0.15) is 0 Å². The lowest BCUT2D eigenvalue weighted by Gasteiger charge is -2.36. The summed E-state index contributed by atoms with van der Waals surface area (Å²) >= 11 is 0. The Labute approximate surface area is 142 Å². The fourth-order valence-electron chi connectivity index (χ4n) is 2.67. The number of ether oxygens (including phenoxy) is 1. The Kier molecular flexibility index (Phi) is 6.87. The van der Waals surface area contributed by atoms with Gasteiger partial charge in [0, 0.05) is 51.5 Å². The monoisotopic (exact) mass is 334 g/mol. The molecule has 132 valence electrons. The summed E-state index contributed by atoms with van der Waals surface area (Å²) in [5.74, 6) is -0.268. The topological polar surface area (TPSA) is 73.9 Å². The maximum Gasteiger partial charge on any atom is 0.309 e. The standard InChI is InChI=1S/C17H26N4O3/c1-3-18-16(22)17(23)19-8-9-20-10-12-21(13-11-20)14-4-6-15(24-2)7-5-14/h4-7H,3,8-13H2,1-2H3,(H,18,22)(H,19,23). The molecule has 7 nitrogen and oxygen atoms in total. The Hall–Kier alpha value is -2.28. The molecule has 1 aliphatic heterocycles. The van der Waals surface area contributed by atoms with E-state index in [9.17, 15) is 9.59 Å². The number of rotatable bonds is 6. The molecule has 7 heteroatoms. The van der Waals surface area contributed by atoms with E-state index in [1.165, 1.54) is 5.69 Å². The van der Waals surface area contributed by atoms with Gasteiger partial charge in [-0.25, -0.2) is 0 Å². The number of carbonyl (C=O) groups excluding carboxylic acids is 2. The van der Waals surface area contributed by atoms with Crippen LogP contribution in [0.4, 0.5) is 5.69 Å². The van der Waals surface area contributed by atoms with E-state index in [2.05, 4.69) is 32.6 Å². The summed E-state index contributed by atoms with van der Waals surface area (Å²) in [6.07, 6.45) is 0. The van der Waals surface area contributed by atoms with Crippen molar-refractivity contribution in [2.75, 3.05) is 57.8 Å². The van der Waals surface area contributed by atoms with Crippen LogP contribution in [0, 0.1) is 0 Å². The second-order valence-corrected chi connectivity index (χ2v) is 5.64. The van der Waals surface area contributed by atoms with Crippen LogP contribution >= 0.6 is 0 Å². The summed E-state index contributed by atoms with van der Waals surface area (Å²) in [5.41, 5.74) is 1.19. The number of piperazine rings is 1. The molecule has 1 saturated heterocycles. The molecule has 1 heterocycles. The molecule has 0 aromatic heterocycles. The Bertz CT molecular complexity index is 539. The molecule has 0 aliphatic carbocycles. The molecule has 1 aromatic carbocycles. The van der Waals surface area contributed by atoms with E-state index in [1.54, 1.807) is 14.0 Å². The quantitative estimate of drug-likeness (QED) is 0.720. The van der Waals surface area contributed by atoms with Crippen LogP contribution in [0.15, 0.2) is 24.3 Å². The van der Waals surface area contributed by atoms with Crippen molar-refractivity contribution < 1.29 is 14.3 Å². The lowest BCUT2D eigenvalue weighted by molar-refractivity contribution is -0.139. The Balaban J connectivity index is 1.69. The van der Waals surface area contributed by atoms with E-state index in [0.717, 1.165) is 38.5 Å². The molecule has 0 bridgehead atoms. The molecule has 2 amide bonds. The second-order valence-electron chi connectivity index (χ2n) is 5.64. The molecule has 1 aromatic rings. The van der Waals surface area contributed by atoms with Crippen molar-refractivity contribution in [1.29, 1.82) is 0 Å². The van der Waals surface area contributed by atoms with Crippen LogP contribution in [0.1, 0.15) is 6.92 Å². The van der Waals surface area contributed by atoms with Crippen LogP contribution in [0.5, 0.6) is 5.75 Å². The highest BCUT2D eigenvalue weighted by Crippen LogP contribution is 2.20. The zero-order valence-corrected chi connectivity index (χ0v) is 14.4. The zero-order chi connectivity index (χ0) is 17.4. The van der Waals surface area contributed by atoms with Crippen molar-refractivity contribution in [2.24, 2.45) is 0 Å². The minimum atomic E-state index is -0.568. The number of carbonyl (C=O) groups is 2. The first-order chi connectivity index (χ1) is 11.6. The molecule has 0 unspecified atom stereocenters. The predicted molar refractivity (Wildman–Crippen MR) is 93.3 cm³/mol. The molecule has 24 heavy (non-hydrogen) atoms. The third-order valence-corrected chi connectivity index (χ3v) is 4.07. The van der Waals surface area contributed by atoms with Gasteiger partial charge in [0.2, 0.25) is 0 Å². The molecule has 0 atom stereocenters. The minimum absolute atomic E-state index is 0.458. The first kappa shape index (κ1) is 18.1. The molecule has 0 radical (unpaired) electrons. The van der Waals surface area contributed by atoms with Crippen molar-refractivity contribution in [2.45, 2.75) is 6.92 Å². The summed E-state index contributed by atoms with van der Waals surface area (Å²) in [6.45, 7) is 7.23. The van der Waals surface area contributed by atoms with Gasteiger partial charge in [0.05, 0.1) is 7.11 Å². The molecule has 2 N–H and O–H groups in total. The number of amides is 2. The molecule has 0 saturated carbocycles. The SMILES string of the molecule is CCNC(=O)C(=O)NCCN1CCN(c2ccc(OC)cc2)CC1. The Morgan fingerprint density at radius 3 is 2.25 bits per heavy atom. The van der Waals surface area contributed by atoms with Crippen LogP contribution in [-0.4, -0.2) is 69.6 Å². The highest BCUT2D eigenvalue weighted by atomic mass is 16.5. The zero-order valence-electron chi connectivity index (χ0n) is 14.4. The predicted octanol–water partition coefficient (Wildman–Crippen LogP) is 0.0695. The molecule has 1 fully saturated rings. The third kappa shape index (κ3) is 5.13. The van der Waals surface area contributed by atoms with Gasteiger partial charge in [0.15, 0.2) is 0 Å². The summed E-state index contributed by atoms with van der Waals surface area (Å²) in [6, 6.07) is 8.08. The number of hydrogen-bond acceptors (Lipinski definition) is 5. The number of hydrogen-bond donors (Lipinski definition) is 2. The Morgan fingerprint density at radius 2 is 1.67 bits per heavy atom. The van der Waals surface area contributed by atoms with E-state index >= 15 is 0 Å². The molecular weight excluding hydrogens is 308 g/mol. The van der Waals surface area contributed by atoms with E-state index in [-0.39, 0.29) is 0 Å². The maximum atomic E-state index is 11.5. The summed E-state index contributed by atoms with van der Waals surface area (Å²) in [4.78, 5) is 27.4. The lowest BCUT2D eigenvalue weighted by Crippen LogP contribution is -2.49. The maximum absolute atomic E-state index is 11.5. The number of likely N-dealkylation sites (N-methyl/N-ethyl adjacent to an activating group) is 1. The summed E-state index contributed by atoms with van der Waals surface area (Å²) in [7, 11) is 1.67. The minimum Gasteiger partial charge on any atom is -0.497 e. The van der Waals surface area contributed by atoms with Crippen LogP contribution in [0.2, 0.25) is 0 Å². The van der Waals surface area contributed by atoms with Crippen molar-refractivity contribution in [3.8, 4) is 5.75 Å². The average molecular weight is 334 g/mol. The van der Waals surface area contributed by atoms with Gasteiger partial charge in [-0.15, -0.1) is 0 Å². The fraction of sp³-hybridized carbons (Fsp3) is 0.529. The van der Waals surface area contributed by atoms with Crippen molar-refractivity contribution >= 4 is 17.5 Å². The number of benzene rings is 1. The highest BCUT2D eigenvalue weighted by Gasteiger charge is 2.18. The fourth-order valence-corrected chi connectivity index (χ4v) is 2.67. The van der Waals surface area contributed by atoms with E-state index in [0.29, 0.717) is 13.1 Å². The van der Waals surface area contributed by atoms with Crippen molar-refractivity contribution in [1.82, 2.24) is 15.5 Å². The smallest absolute Gasteiger partial charge is 0.309 e. The normalized spacial score (nSPS) is 15.0. The second kappa shape index (κ2) is 9.12.